The number of rotatable bonds is 6. The van der Waals surface area contributed by atoms with Crippen LogP contribution >= 0.6 is 27.3 Å². The molecule has 0 saturated heterocycles. The van der Waals surface area contributed by atoms with Gasteiger partial charge in [0.15, 0.2) is 0 Å². The Kier molecular flexibility index (Phi) is 4.79. The molecule has 2 aromatic rings. The van der Waals surface area contributed by atoms with Crippen LogP contribution in [0.1, 0.15) is 22.8 Å². The number of benzene rings is 1. The summed E-state index contributed by atoms with van der Waals surface area (Å²) in [5.41, 5.74) is 1.25. The summed E-state index contributed by atoms with van der Waals surface area (Å²) in [6.45, 7) is 5.08. The lowest BCUT2D eigenvalue weighted by atomic mass is 10.1. The zero-order chi connectivity index (χ0) is 15.5. The van der Waals surface area contributed by atoms with Gasteiger partial charge < -0.3 is 4.90 Å². The van der Waals surface area contributed by atoms with Gasteiger partial charge in [-0.15, -0.1) is 17.9 Å². The van der Waals surface area contributed by atoms with Crippen molar-refractivity contribution in [2.75, 3.05) is 6.54 Å². The molecule has 2 atom stereocenters. The monoisotopic (exact) mass is 375 g/mol. The molecule has 0 bridgehead atoms. The van der Waals surface area contributed by atoms with Gasteiger partial charge in [-0.3, -0.25) is 4.79 Å². The van der Waals surface area contributed by atoms with Gasteiger partial charge in [-0.05, 0) is 41.5 Å². The van der Waals surface area contributed by atoms with Crippen LogP contribution in [0.15, 0.2) is 58.9 Å². The number of thiophene rings is 1. The molecular weight excluding hydrogens is 358 g/mol. The molecule has 0 N–H and O–H groups in total. The molecule has 1 amide bonds. The van der Waals surface area contributed by atoms with Crippen molar-refractivity contribution in [1.29, 1.82) is 0 Å². The molecule has 0 radical (unpaired) electrons. The van der Waals surface area contributed by atoms with E-state index in [0.29, 0.717) is 19.0 Å². The first-order chi connectivity index (χ1) is 10.7. The van der Waals surface area contributed by atoms with Crippen molar-refractivity contribution in [2.45, 2.75) is 18.9 Å². The molecule has 1 aromatic heterocycles. The lowest BCUT2D eigenvalue weighted by molar-refractivity contribution is -0.132. The van der Waals surface area contributed by atoms with Gasteiger partial charge in [0.1, 0.15) is 0 Å². The Morgan fingerprint density at radius 2 is 2.27 bits per heavy atom. The summed E-state index contributed by atoms with van der Waals surface area (Å²) in [5, 5.41) is 2.05. The van der Waals surface area contributed by atoms with Gasteiger partial charge in [0.25, 0.3) is 0 Å². The molecule has 1 aliphatic rings. The van der Waals surface area contributed by atoms with Gasteiger partial charge >= 0.3 is 0 Å². The number of amides is 1. The standard InChI is InChI=1S/C18H18BrNOS/c1-2-8-20(12-15-7-4-9-22-15)18(21)17-11-16(17)13-5-3-6-14(19)10-13/h2-7,9-10,16-17H,1,8,11-12H2. The van der Waals surface area contributed by atoms with Gasteiger partial charge in [-0.2, -0.15) is 0 Å². The third-order valence-corrected chi connectivity index (χ3v) is 5.33. The Labute approximate surface area is 143 Å². The quantitative estimate of drug-likeness (QED) is 0.662. The van der Waals surface area contributed by atoms with Crippen molar-refractivity contribution in [3.8, 4) is 0 Å². The molecule has 1 heterocycles. The van der Waals surface area contributed by atoms with Gasteiger partial charge in [0.05, 0.1) is 6.54 Å². The minimum atomic E-state index is 0.120. The summed E-state index contributed by atoms with van der Waals surface area (Å²) in [6, 6.07) is 12.4. The van der Waals surface area contributed by atoms with E-state index in [2.05, 4.69) is 40.7 Å². The Morgan fingerprint density at radius 3 is 2.95 bits per heavy atom. The van der Waals surface area contributed by atoms with E-state index in [1.165, 1.54) is 10.4 Å². The van der Waals surface area contributed by atoms with Crippen LogP contribution in [0.5, 0.6) is 0 Å². The number of carbonyl (C=O) groups is 1. The van der Waals surface area contributed by atoms with Crippen molar-refractivity contribution in [3.63, 3.8) is 0 Å². The third-order valence-electron chi connectivity index (χ3n) is 3.97. The van der Waals surface area contributed by atoms with Gasteiger partial charge in [-0.25, -0.2) is 0 Å². The smallest absolute Gasteiger partial charge is 0.226 e. The molecule has 1 saturated carbocycles. The van der Waals surface area contributed by atoms with E-state index < -0.39 is 0 Å². The lowest BCUT2D eigenvalue weighted by Gasteiger charge is -2.20. The van der Waals surface area contributed by atoms with E-state index in [0.717, 1.165) is 10.9 Å². The minimum Gasteiger partial charge on any atom is -0.334 e. The fraction of sp³-hybridized carbons (Fsp3) is 0.278. The number of carbonyl (C=O) groups excluding carboxylic acids is 1. The molecule has 1 aromatic carbocycles. The summed E-state index contributed by atoms with van der Waals surface area (Å²) in [4.78, 5) is 15.9. The number of hydrogen-bond acceptors (Lipinski definition) is 2. The van der Waals surface area contributed by atoms with Gasteiger partial charge in [-0.1, -0.05) is 40.2 Å². The van der Waals surface area contributed by atoms with E-state index in [1.807, 2.05) is 34.6 Å². The van der Waals surface area contributed by atoms with Crippen LogP contribution in [0.2, 0.25) is 0 Å². The van der Waals surface area contributed by atoms with E-state index in [-0.39, 0.29) is 11.8 Å². The second kappa shape index (κ2) is 6.80. The number of halogens is 1. The maximum Gasteiger partial charge on any atom is 0.226 e. The molecule has 1 aliphatic carbocycles. The largest absolute Gasteiger partial charge is 0.334 e. The summed E-state index contributed by atoms with van der Waals surface area (Å²) >= 11 is 5.19. The fourth-order valence-electron chi connectivity index (χ4n) is 2.79. The molecule has 0 aliphatic heterocycles. The zero-order valence-electron chi connectivity index (χ0n) is 12.2. The van der Waals surface area contributed by atoms with E-state index in [9.17, 15) is 4.79 Å². The first-order valence-electron chi connectivity index (χ1n) is 7.36. The highest BCUT2D eigenvalue weighted by molar-refractivity contribution is 9.10. The second-order valence-electron chi connectivity index (χ2n) is 5.59. The van der Waals surface area contributed by atoms with Crippen molar-refractivity contribution in [3.05, 3.63) is 69.3 Å². The first kappa shape index (κ1) is 15.5. The van der Waals surface area contributed by atoms with Crippen molar-refractivity contribution >= 4 is 33.2 Å². The van der Waals surface area contributed by atoms with E-state index in [4.69, 9.17) is 0 Å². The molecule has 2 unspecified atom stereocenters. The molecule has 1 fully saturated rings. The lowest BCUT2D eigenvalue weighted by Crippen LogP contribution is -2.32. The molecule has 114 valence electrons. The highest BCUT2D eigenvalue weighted by Gasteiger charge is 2.45. The second-order valence-corrected chi connectivity index (χ2v) is 7.54. The Hall–Kier alpha value is -1.39. The summed E-state index contributed by atoms with van der Waals surface area (Å²) in [5.74, 6) is 0.730. The number of nitrogens with zero attached hydrogens (tertiary/aromatic N) is 1. The highest BCUT2D eigenvalue weighted by Crippen LogP contribution is 2.49. The Morgan fingerprint density at radius 1 is 1.41 bits per heavy atom. The third kappa shape index (κ3) is 3.50. The minimum absolute atomic E-state index is 0.120. The molecule has 4 heteroatoms. The maximum absolute atomic E-state index is 12.8. The Balaban J connectivity index is 1.68. The predicted molar refractivity (Wildman–Crippen MR) is 94.9 cm³/mol. The normalized spacial score (nSPS) is 19.7. The van der Waals surface area contributed by atoms with Crippen LogP contribution in [-0.4, -0.2) is 17.4 Å². The topological polar surface area (TPSA) is 20.3 Å². The predicted octanol–water partition coefficient (Wildman–Crippen LogP) is 4.83. The molecule has 3 rings (SSSR count). The average Bonchev–Trinajstić information content (AvgIpc) is 3.15. The fourth-order valence-corrected chi connectivity index (χ4v) is 3.92. The van der Waals surface area contributed by atoms with Crippen LogP contribution in [0.25, 0.3) is 0 Å². The van der Waals surface area contributed by atoms with Crippen LogP contribution in [0.4, 0.5) is 0 Å². The van der Waals surface area contributed by atoms with Crippen molar-refractivity contribution < 1.29 is 4.79 Å². The van der Waals surface area contributed by atoms with Crippen molar-refractivity contribution in [1.82, 2.24) is 4.90 Å². The molecule has 2 nitrogen and oxygen atoms in total. The summed E-state index contributed by atoms with van der Waals surface area (Å²) in [7, 11) is 0. The summed E-state index contributed by atoms with van der Waals surface area (Å²) in [6.07, 6.45) is 2.76. The van der Waals surface area contributed by atoms with E-state index >= 15 is 0 Å². The van der Waals surface area contributed by atoms with Crippen molar-refractivity contribution in [2.24, 2.45) is 5.92 Å². The highest BCUT2D eigenvalue weighted by atomic mass is 79.9. The number of hydrogen-bond donors (Lipinski definition) is 0. The Bertz CT molecular complexity index is 667. The van der Waals surface area contributed by atoms with Gasteiger partial charge in [0, 0.05) is 21.8 Å². The first-order valence-corrected chi connectivity index (χ1v) is 9.04. The van der Waals surface area contributed by atoms with Gasteiger partial charge in [0.2, 0.25) is 5.91 Å². The van der Waals surface area contributed by atoms with Crippen LogP contribution in [0.3, 0.4) is 0 Å². The molecule has 0 spiro atoms. The van der Waals surface area contributed by atoms with Crippen LogP contribution in [-0.2, 0) is 11.3 Å². The van der Waals surface area contributed by atoms with Crippen LogP contribution in [0, 0.1) is 5.92 Å². The molecule has 22 heavy (non-hydrogen) atoms. The molecular formula is C18H18BrNOS. The zero-order valence-corrected chi connectivity index (χ0v) is 14.6. The SMILES string of the molecule is C=CCN(Cc1cccs1)C(=O)C1CC1c1cccc(Br)c1. The van der Waals surface area contributed by atoms with Crippen LogP contribution < -0.4 is 0 Å². The summed E-state index contributed by atoms with van der Waals surface area (Å²) < 4.78 is 1.07. The van der Waals surface area contributed by atoms with E-state index in [1.54, 1.807) is 11.3 Å². The average molecular weight is 376 g/mol. The maximum atomic E-state index is 12.8.